The number of carbonyl (C=O) groups excluding carboxylic acids is 1. The Kier molecular flexibility index (Phi) is 5.28. The summed E-state index contributed by atoms with van der Waals surface area (Å²) < 4.78 is 5.03. The lowest BCUT2D eigenvalue weighted by molar-refractivity contribution is 0.0526. The number of carbonyl (C=O) groups is 1. The average Bonchev–Trinajstić information content (AvgIpc) is 3.03. The Morgan fingerprint density at radius 1 is 1.21 bits per heavy atom. The lowest BCUT2D eigenvalue weighted by Gasteiger charge is -2.03. The fourth-order valence-electron chi connectivity index (χ4n) is 2.20. The molecule has 0 radical (unpaired) electrons. The number of esters is 1. The minimum atomic E-state index is -0.308. The second-order valence-electron chi connectivity index (χ2n) is 5.08. The van der Waals surface area contributed by atoms with Crippen molar-refractivity contribution in [2.24, 2.45) is 0 Å². The van der Waals surface area contributed by atoms with Gasteiger partial charge in [-0.25, -0.2) is 4.79 Å². The molecule has 0 spiro atoms. The molecule has 0 fully saturated rings. The Bertz CT molecular complexity index is 818. The van der Waals surface area contributed by atoms with Gasteiger partial charge in [-0.15, -0.1) is 0 Å². The minimum absolute atomic E-state index is 0.308. The lowest BCUT2D eigenvalue weighted by atomic mass is 10.2. The van der Waals surface area contributed by atoms with Crippen LogP contribution in [0.25, 0.3) is 0 Å². The van der Waals surface area contributed by atoms with E-state index in [0.29, 0.717) is 18.6 Å². The van der Waals surface area contributed by atoms with Crippen LogP contribution in [0.1, 0.15) is 28.7 Å². The first-order valence-corrected chi connectivity index (χ1v) is 8.45. The Hall–Kier alpha value is -2.60. The SMILES string of the molecule is CCOC(=O)c1cccc(Sc2cc(Cc3ccccn3)[nH]n2)c1. The van der Waals surface area contributed by atoms with E-state index in [1.165, 1.54) is 11.8 Å². The molecular weight excluding hydrogens is 322 g/mol. The third-order valence-corrected chi connectivity index (χ3v) is 4.18. The number of aromatic nitrogens is 3. The third-order valence-electron chi connectivity index (χ3n) is 3.27. The van der Waals surface area contributed by atoms with Crippen LogP contribution < -0.4 is 0 Å². The van der Waals surface area contributed by atoms with Gasteiger partial charge in [-0.3, -0.25) is 10.1 Å². The molecule has 5 nitrogen and oxygen atoms in total. The first kappa shape index (κ1) is 16.3. The van der Waals surface area contributed by atoms with Gasteiger partial charge in [-0.05, 0) is 43.3 Å². The number of rotatable bonds is 6. The number of hydrogen-bond donors (Lipinski definition) is 1. The van der Waals surface area contributed by atoms with Gasteiger partial charge >= 0.3 is 5.97 Å². The van der Waals surface area contributed by atoms with Crippen molar-refractivity contribution in [3.05, 3.63) is 71.7 Å². The zero-order valence-electron chi connectivity index (χ0n) is 13.2. The van der Waals surface area contributed by atoms with E-state index >= 15 is 0 Å². The zero-order valence-corrected chi connectivity index (χ0v) is 14.0. The number of H-pyrrole nitrogens is 1. The largest absolute Gasteiger partial charge is 0.462 e. The molecule has 0 aliphatic carbocycles. The number of nitrogens with zero attached hydrogens (tertiary/aromatic N) is 2. The van der Waals surface area contributed by atoms with Gasteiger partial charge in [-0.1, -0.05) is 23.9 Å². The molecule has 6 heteroatoms. The summed E-state index contributed by atoms with van der Waals surface area (Å²) >= 11 is 1.50. The minimum Gasteiger partial charge on any atom is -0.462 e. The van der Waals surface area contributed by atoms with E-state index in [1.807, 2.05) is 42.5 Å². The van der Waals surface area contributed by atoms with Gasteiger partial charge < -0.3 is 4.74 Å². The second-order valence-corrected chi connectivity index (χ2v) is 6.17. The normalized spacial score (nSPS) is 10.5. The summed E-state index contributed by atoms with van der Waals surface area (Å²) in [6.45, 7) is 2.16. The molecule has 0 saturated heterocycles. The molecule has 0 atom stereocenters. The molecule has 0 saturated carbocycles. The van der Waals surface area contributed by atoms with Gasteiger partial charge in [0.2, 0.25) is 0 Å². The molecule has 3 rings (SSSR count). The quantitative estimate of drug-likeness (QED) is 0.693. The summed E-state index contributed by atoms with van der Waals surface area (Å²) in [7, 11) is 0. The van der Waals surface area contributed by atoms with Crippen molar-refractivity contribution in [1.82, 2.24) is 15.2 Å². The molecule has 2 heterocycles. The number of nitrogens with one attached hydrogen (secondary N) is 1. The van der Waals surface area contributed by atoms with Crippen molar-refractivity contribution < 1.29 is 9.53 Å². The van der Waals surface area contributed by atoms with Gasteiger partial charge in [0.05, 0.1) is 12.2 Å². The van der Waals surface area contributed by atoms with Crippen molar-refractivity contribution in [3.8, 4) is 0 Å². The maximum atomic E-state index is 11.8. The highest BCUT2D eigenvalue weighted by molar-refractivity contribution is 7.99. The highest BCUT2D eigenvalue weighted by atomic mass is 32.2. The van der Waals surface area contributed by atoms with E-state index in [0.717, 1.165) is 21.3 Å². The first-order chi connectivity index (χ1) is 11.7. The number of ether oxygens (including phenoxy) is 1. The Balaban J connectivity index is 1.68. The van der Waals surface area contributed by atoms with Crippen molar-refractivity contribution in [2.75, 3.05) is 6.61 Å². The Morgan fingerprint density at radius 2 is 2.12 bits per heavy atom. The van der Waals surface area contributed by atoms with E-state index in [9.17, 15) is 4.79 Å². The van der Waals surface area contributed by atoms with Crippen LogP contribution >= 0.6 is 11.8 Å². The van der Waals surface area contributed by atoms with Crippen LogP contribution in [-0.2, 0) is 11.2 Å². The topological polar surface area (TPSA) is 67.9 Å². The van der Waals surface area contributed by atoms with E-state index in [-0.39, 0.29) is 5.97 Å². The summed E-state index contributed by atoms with van der Waals surface area (Å²) in [5, 5.41) is 8.19. The number of hydrogen-bond acceptors (Lipinski definition) is 5. The van der Waals surface area contributed by atoms with Crippen LogP contribution in [0.15, 0.2) is 64.6 Å². The van der Waals surface area contributed by atoms with Crippen LogP contribution in [0, 0.1) is 0 Å². The number of aromatic amines is 1. The molecule has 2 aromatic heterocycles. The standard InChI is InChI=1S/C18H17N3O2S/c1-2-23-18(22)13-6-5-8-16(10-13)24-17-12-15(20-21-17)11-14-7-3-4-9-19-14/h3-10,12H,2,11H2,1H3,(H,20,21). The molecule has 3 aromatic rings. The molecule has 1 N–H and O–H groups in total. The summed E-state index contributed by atoms with van der Waals surface area (Å²) in [6.07, 6.45) is 2.49. The molecule has 0 bridgehead atoms. The molecule has 1 aromatic carbocycles. The zero-order chi connectivity index (χ0) is 16.8. The van der Waals surface area contributed by atoms with Crippen LogP contribution in [0.4, 0.5) is 0 Å². The molecule has 122 valence electrons. The predicted octanol–water partition coefficient (Wildman–Crippen LogP) is 3.72. The molecule has 0 aliphatic heterocycles. The Morgan fingerprint density at radius 3 is 2.92 bits per heavy atom. The van der Waals surface area contributed by atoms with E-state index in [2.05, 4.69) is 15.2 Å². The molecular formula is C18H17N3O2S. The number of benzene rings is 1. The van der Waals surface area contributed by atoms with Gasteiger partial charge in [0.25, 0.3) is 0 Å². The summed E-state index contributed by atoms with van der Waals surface area (Å²) in [6, 6.07) is 15.2. The fourth-order valence-corrected chi connectivity index (χ4v) is 3.07. The van der Waals surface area contributed by atoms with Crippen LogP contribution in [0.3, 0.4) is 0 Å². The van der Waals surface area contributed by atoms with Crippen molar-refractivity contribution in [2.45, 2.75) is 23.3 Å². The monoisotopic (exact) mass is 339 g/mol. The van der Waals surface area contributed by atoms with E-state index < -0.39 is 0 Å². The average molecular weight is 339 g/mol. The van der Waals surface area contributed by atoms with Crippen molar-refractivity contribution in [3.63, 3.8) is 0 Å². The molecule has 0 amide bonds. The van der Waals surface area contributed by atoms with E-state index in [4.69, 9.17) is 4.74 Å². The van der Waals surface area contributed by atoms with Crippen molar-refractivity contribution in [1.29, 1.82) is 0 Å². The molecule has 24 heavy (non-hydrogen) atoms. The van der Waals surface area contributed by atoms with Gasteiger partial charge in [0.1, 0.15) is 5.03 Å². The maximum Gasteiger partial charge on any atom is 0.338 e. The van der Waals surface area contributed by atoms with Crippen molar-refractivity contribution >= 4 is 17.7 Å². The van der Waals surface area contributed by atoms with Crippen LogP contribution in [0.5, 0.6) is 0 Å². The predicted molar refractivity (Wildman–Crippen MR) is 92.2 cm³/mol. The smallest absolute Gasteiger partial charge is 0.338 e. The van der Waals surface area contributed by atoms with Gasteiger partial charge in [0, 0.05) is 28.9 Å². The third kappa shape index (κ3) is 4.23. The summed E-state index contributed by atoms with van der Waals surface area (Å²) in [4.78, 5) is 17.0. The maximum absolute atomic E-state index is 11.8. The van der Waals surface area contributed by atoms with Gasteiger partial charge in [0.15, 0.2) is 0 Å². The highest BCUT2D eigenvalue weighted by Crippen LogP contribution is 2.27. The summed E-state index contributed by atoms with van der Waals surface area (Å²) in [5.74, 6) is -0.308. The fraction of sp³-hybridized carbons (Fsp3) is 0.167. The highest BCUT2D eigenvalue weighted by Gasteiger charge is 2.09. The molecule has 0 aliphatic rings. The van der Waals surface area contributed by atoms with Crippen LogP contribution in [0.2, 0.25) is 0 Å². The second kappa shape index (κ2) is 7.79. The number of pyridine rings is 1. The molecule has 0 unspecified atom stereocenters. The van der Waals surface area contributed by atoms with Crippen LogP contribution in [-0.4, -0.2) is 27.8 Å². The van der Waals surface area contributed by atoms with Gasteiger partial charge in [-0.2, -0.15) is 5.10 Å². The lowest BCUT2D eigenvalue weighted by Crippen LogP contribution is -2.04. The van der Waals surface area contributed by atoms with E-state index in [1.54, 1.807) is 19.2 Å². The Labute approximate surface area is 144 Å². The first-order valence-electron chi connectivity index (χ1n) is 7.64. The summed E-state index contributed by atoms with van der Waals surface area (Å²) in [5.41, 5.74) is 2.53.